The number of nitrogens with zero attached hydrogens (tertiary/aromatic N) is 4. The summed E-state index contributed by atoms with van der Waals surface area (Å²) in [5.74, 6) is -2.88. The predicted molar refractivity (Wildman–Crippen MR) is 133 cm³/mol. The number of hydrogen-bond donors (Lipinski definition) is 2. The van der Waals surface area contributed by atoms with Gasteiger partial charge in [0.2, 0.25) is 10.0 Å². The lowest BCUT2D eigenvalue weighted by atomic mass is 10.1. The number of ether oxygens (including phenoxy) is 2. The summed E-state index contributed by atoms with van der Waals surface area (Å²) in [4.78, 5) is 39.2. The molecule has 39 heavy (non-hydrogen) atoms. The van der Waals surface area contributed by atoms with E-state index in [9.17, 15) is 31.2 Å². The van der Waals surface area contributed by atoms with Crippen LogP contribution in [0.4, 0.5) is 24.0 Å². The average molecular weight is 587 g/mol. The van der Waals surface area contributed by atoms with Crippen LogP contribution in [-0.2, 0) is 10.0 Å². The molecule has 0 bridgehead atoms. The third-order valence-electron chi connectivity index (χ3n) is 5.25. The van der Waals surface area contributed by atoms with Gasteiger partial charge in [-0.15, -0.1) is 24.5 Å². The number of amides is 2. The van der Waals surface area contributed by atoms with Crippen LogP contribution < -0.4 is 24.4 Å². The van der Waals surface area contributed by atoms with Crippen LogP contribution in [0.1, 0.15) is 33.7 Å². The molecule has 1 aromatic carbocycles. The SMILES string of the molecule is CS(=O)(=O)NC(=O)c1ccc(NC(=O)c2csc(N3CCC(Oc4ncccn4)CC3)n2)c(OC(F)(F)F)c1. The third-order valence-corrected chi connectivity index (χ3v) is 6.70. The van der Waals surface area contributed by atoms with E-state index >= 15 is 0 Å². The van der Waals surface area contributed by atoms with E-state index in [0.717, 1.165) is 12.1 Å². The topological polar surface area (TPSA) is 153 Å². The molecule has 0 radical (unpaired) electrons. The summed E-state index contributed by atoms with van der Waals surface area (Å²) in [5.41, 5.74) is -0.869. The van der Waals surface area contributed by atoms with Gasteiger partial charge in [-0.3, -0.25) is 9.59 Å². The molecule has 0 unspecified atom stereocenters. The molecule has 0 spiro atoms. The minimum atomic E-state index is -5.15. The van der Waals surface area contributed by atoms with Crippen molar-refractivity contribution in [2.24, 2.45) is 0 Å². The van der Waals surface area contributed by atoms with E-state index in [-0.39, 0.29) is 11.8 Å². The monoisotopic (exact) mass is 586 g/mol. The number of rotatable bonds is 8. The first-order valence-electron chi connectivity index (χ1n) is 11.2. The first-order chi connectivity index (χ1) is 18.4. The number of piperidine rings is 1. The van der Waals surface area contributed by atoms with Gasteiger partial charge >= 0.3 is 12.4 Å². The summed E-state index contributed by atoms with van der Waals surface area (Å²) in [6.07, 6.45) is -0.0234. The first-order valence-corrected chi connectivity index (χ1v) is 14.0. The second-order valence-corrected chi connectivity index (χ2v) is 10.9. The van der Waals surface area contributed by atoms with E-state index in [4.69, 9.17) is 4.74 Å². The Kier molecular flexibility index (Phi) is 8.19. The molecule has 2 aromatic heterocycles. The van der Waals surface area contributed by atoms with Crippen molar-refractivity contribution in [1.82, 2.24) is 19.7 Å². The van der Waals surface area contributed by atoms with Gasteiger partial charge in [0.15, 0.2) is 10.9 Å². The lowest BCUT2D eigenvalue weighted by molar-refractivity contribution is -0.274. The summed E-state index contributed by atoms with van der Waals surface area (Å²) in [6, 6.07) is 4.68. The number of halogens is 3. The summed E-state index contributed by atoms with van der Waals surface area (Å²) in [7, 11) is -3.97. The van der Waals surface area contributed by atoms with Gasteiger partial charge in [0.1, 0.15) is 11.8 Å². The highest BCUT2D eigenvalue weighted by Crippen LogP contribution is 2.32. The fraction of sp³-hybridized carbons (Fsp3) is 0.318. The average Bonchev–Trinajstić information content (AvgIpc) is 3.35. The second kappa shape index (κ2) is 11.4. The molecule has 1 fully saturated rings. The Labute approximate surface area is 224 Å². The number of carbonyl (C=O) groups is 2. The first kappa shape index (κ1) is 28.0. The highest BCUT2D eigenvalue weighted by Gasteiger charge is 2.33. The lowest BCUT2D eigenvalue weighted by Gasteiger charge is -2.31. The maximum Gasteiger partial charge on any atom is 0.573 e. The molecule has 17 heteroatoms. The standard InChI is InChI=1S/C22H21F3N6O6S2/c1-39(34,35)30-18(32)13-3-4-15(17(11-13)37-22(23,24)25)28-19(33)16-12-38-21(29-16)31-9-5-14(6-10-31)36-20-26-7-2-8-27-20/h2-4,7-8,11-12,14H,5-6,9-10H2,1H3,(H,28,33)(H,30,32). The van der Waals surface area contributed by atoms with Gasteiger partial charge in [0.05, 0.1) is 11.9 Å². The summed E-state index contributed by atoms with van der Waals surface area (Å²) >= 11 is 1.19. The molecule has 0 saturated carbocycles. The fourth-order valence-electron chi connectivity index (χ4n) is 3.56. The summed E-state index contributed by atoms with van der Waals surface area (Å²) in [5, 5.41) is 4.30. The van der Waals surface area contributed by atoms with Crippen molar-refractivity contribution in [3.05, 3.63) is 53.3 Å². The number of aromatic nitrogens is 3. The normalized spacial score (nSPS) is 14.5. The van der Waals surface area contributed by atoms with E-state index in [0.29, 0.717) is 49.4 Å². The van der Waals surface area contributed by atoms with Crippen molar-refractivity contribution < 1.29 is 40.7 Å². The summed E-state index contributed by atoms with van der Waals surface area (Å²) < 4.78 is 72.9. The molecule has 1 saturated heterocycles. The number of carbonyl (C=O) groups excluding carboxylic acids is 2. The van der Waals surface area contributed by atoms with Crippen molar-refractivity contribution in [3.8, 4) is 11.8 Å². The van der Waals surface area contributed by atoms with Crippen LogP contribution in [0.15, 0.2) is 42.0 Å². The number of nitrogens with one attached hydrogen (secondary N) is 2. The fourth-order valence-corrected chi connectivity index (χ4v) is 4.88. The molecule has 12 nitrogen and oxygen atoms in total. The van der Waals surface area contributed by atoms with Crippen LogP contribution in [0.2, 0.25) is 0 Å². The van der Waals surface area contributed by atoms with Crippen molar-refractivity contribution >= 4 is 44.0 Å². The molecule has 3 aromatic rings. The van der Waals surface area contributed by atoms with E-state index in [1.165, 1.54) is 16.7 Å². The molecule has 0 atom stereocenters. The quantitative estimate of drug-likeness (QED) is 0.403. The molecular weight excluding hydrogens is 565 g/mol. The predicted octanol–water partition coefficient (Wildman–Crippen LogP) is 2.82. The largest absolute Gasteiger partial charge is 0.573 e. The van der Waals surface area contributed by atoms with Gasteiger partial charge in [-0.25, -0.2) is 28.1 Å². The minimum absolute atomic E-state index is 0.0390. The Morgan fingerprint density at radius 3 is 2.46 bits per heavy atom. The van der Waals surface area contributed by atoms with Gasteiger partial charge in [0.25, 0.3) is 11.8 Å². The third kappa shape index (κ3) is 8.00. The van der Waals surface area contributed by atoms with E-state index < -0.39 is 45.2 Å². The smallest absolute Gasteiger partial charge is 0.460 e. The molecule has 1 aliphatic rings. The van der Waals surface area contributed by atoms with Crippen LogP contribution in [0, 0.1) is 0 Å². The van der Waals surface area contributed by atoms with Crippen LogP contribution in [-0.4, -0.2) is 67.0 Å². The molecule has 2 N–H and O–H groups in total. The van der Waals surface area contributed by atoms with Crippen molar-refractivity contribution in [1.29, 1.82) is 0 Å². The van der Waals surface area contributed by atoms with Crippen molar-refractivity contribution in [3.63, 3.8) is 0 Å². The molecule has 2 amide bonds. The molecular formula is C22H21F3N6O6S2. The highest BCUT2D eigenvalue weighted by atomic mass is 32.2. The Bertz CT molecular complexity index is 1440. The zero-order chi connectivity index (χ0) is 28.2. The van der Waals surface area contributed by atoms with Crippen LogP contribution in [0.3, 0.4) is 0 Å². The van der Waals surface area contributed by atoms with E-state index in [1.807, 2.05) is 4.90 Å². The minimum Gasteiger partial charge on any atom is -0.460 e. The number of anilines is 2. The van der Waals surface area contributed by atoms with E-state index in [1.54, 1.807) is 23.2 Å². The van der Waals surface area contributed by atoms with Gasteiger partial charge in [-0.05, 0) is 24.3 Å². The zero-order valence-electron chi connectivity index (χ0n) is 20.1. The number of alkyl halides is 3. The van der Waals surface area contributed by atoms with Gasteiger partial charge in [0, 0.05) is 49.3 Å². The number of hydrogen-bond acceptors (Lipinski definition) is 11. The van der Waals surface area contributed by atoms with Gasteiger partial charge < -0.3 is 19.7 Å². The number of benzene rings is 1. The highest BCUT2D eigenvalue weighted by molar-refractivity contribution is 7.89. The second-order valence-electron chi connectivity index (χ2n) is 8.27. The van der Waals surface area contributed by atoms with Crippen LogP contribution in [0.25, 0.3) is 0 Å². The molecule has 4 rings (SSSR count). The lowest BCUT2D eigenvalue weighted by Crippen LogP contribution is -2.38. The maximum absolute atomic E-state index is 13.0. The molecule has 208 valence electrons. The molecule has 1 aliphatic heterocycles. The molecule has 0 aliphatic carbocycles. The Morgan fingerprint density at radius 2 is 1.82 bits per heavy atom. The van der Waals surface area contributed by atoms with Crippen molar-refractivity contribution in [2.45, 2.75) is 25.3 Å². The van der Waals surface area contributed by atoms with E-state index in [2.05, 4.69) is 25.0 Å². The zero-order valence-corrected chi connectivity index (χ0v) is 21.8. The van der Waals surface area contributed by atoms with Crippen LogP contribution in [0.5, 0.6) is 11.8 Å². The Hall–Kier alpha value is -3.99. The number of thiazole rings is 1. The maximum atomic E-state index is 13.0. The van der Waals surface area contributed by atoms with Crippen LogP contribution >= 0.6 is 11.3 Å². The Morgan fingerprint density at radius 1 is 1.13 bits per heavy atom. The van der Waals surface area contributed by atoms with Gasteiger partial charge in [-0.1, -0.05) is 0 Å². The number of sulfonamides is 1. The Balaban J connectivity index is 1.42. The summed E-state index contributed by atoms with van der Waals surface area (Å²) in [6.45, 7) is 1.18. The van der Waals surface area contributed by atoms with Crippen molar-refractivity contribution in [2.75, 3.05) is 29.6 Å². The van der Waals surface area contributed by atoms with Gasteiger partial charge in [-0.2, -0.15) is 0 Å². The molecule has 3 heterocycles.